The van der Waals surface area contributed by atoms with Gasteiger partial charge in [-0.25, -0.2) is 4.98 Å². The number of carbonyl (C=O) groups excluding carboxylic acids is 1. The highest BCUT2D eigenvalue weighted by Gasteiger charge is 2.28. The lowest BCUT2D eigenvalue weighted by molar-refractivity contribution is -0.153. The molecule has 1 amide bonds. The van der Waals surface area contributed by atoms with Crippen LogP contribution in [0, 0.1) is 0 Å². The van der Waals surface area contributed by atoms with E-state index in [0.717, 1.165) is 0 Å². The second kappa shape index (κ2) is 9.31. The quantitative estimate of drug-likeness (QED) is 0.579. The van der Waals surface area contributed by atoms with Crippen LogP contribution in [0.5, 0.6) is 5.75 Å². The molecule has 1 N–H and O–H groups in total. The van der Waals surface area contributed by atoms with Crippen LogP contribution < -0.4 is 15.6 Å². The number of nitrogens with one attached hydrogen (secondary N) is 1. The molecular weight excluding hydrogens is 427 g/mol. The highest BCUT2D eigenvalue weighted by atomic mass is 32.2. The van der Waals surface area contributed by atoms with Gasteiger partial charge in [0.15, 0.2) is 11.6 Å². The zero-order valence-corrected chi connectivity index (χ0v) is 16.6. The van der Waals surface area contributed by atoms with Crippen LogP contribution in [0.25, 0.3) is 4.96 Å². The molecule has 2 heterocycles. The standard InChI is InChI=1S/C18H16F3N3O3S2/c19-18(20,21)11-27-14-3-1-2-12(6-14)8-22-15(25)10-28-9-13-7-16(26)24-4-5-29-17(24)23-13/h1-7H,8-11H2,(H,22,25). The lowest BCUT2D eigenvalue weighted by atomic mass is 10.2. The molecule has 0 atom stereocenters. The number of alkyl halides is 3. The average Bonchev–Trinajstić information content (AvgIpc) is 3.14. The highest BCUT2D eigenvalue weighted by molar-refractivity contribution is 7.99. The normalized spacial score (nSPS) is 11.6. The van der Waals surface area contributed by atoms with Crippen LogP contribution in [-0.2, 0) is 17.1 Å². The molecule has 0 fully saturated rings. The number of nitrogens with zero attached hydrogens (tertiary/aromatic N) is 2. The molecule has 11 heteroatoms. The Kier molecular flexibility index (Phi) is 6.80. The maximum atomic E-state index is 12.2. The Morgan fingerprint density at radius 2 is 2.14 bits per heavy atom. The van der Waals surface area contributed by atoms with Crippen LogP contribution >= 0.6 is 23.1 Å². The smallest absolute Gasteiger partial charge is 0.422 e. The lowest BCUT2D eigenvalue weighted by Gasteiger charge is -2.10. The molecule has 0 bridgehead atoms. The Hall–Kier alpha value is -2.53. The first kappa shape index (κ1) is 21.2. The zero-order valence-electron chi connectivity index (χ0n) is 14.9. The predicted molar refractivity (Wildman–Crippen MR) is 105 cm³/mol. The van der Waals surface area contributed by atoms with Crippen molar-refractivity contribution in [1.82, 2.24) is 14.7 Å². The lowest BCUT2D eigenvalue weighted by Crippen LogP contribution is -2.24. The first-order valence-electron chi connectivity index (χ1n) is 8.39. The van der Waals surface area contributed by atoms with Crippen molar-refractivity contribution in [2.45, 2.75) is 18.5 Å². The van der Waals surface area contributed by atoms with Crippen molar-refractivity contribution in [2.75, 3.05) is 12.4 Å². The van der Waals surface area contributed by atoms with E-state index in [0.29, 0.717) is 22.0 Å². The largest absolute Gasteiger partial charge is 0.484 e. The third-order valence-corrected chi connectivity index (χ3v) is 5.35. The predicted octanol–water partition coefficient (Wildman–Crippen LogP) is 3.25. The number of ether oxygens (including phenoxy) is 1. The van der Waals surface area contributed by atoms with Crippen LogP contribution in [0.4, 0.5) is 13.2 Å². The van der Waals surface area contributed by atoms with E-state index in [1.54, 1.807) is 23.7 Å². The summed E-state index contributed by atoms with van der Waals surface area (Å²) in [6.07, 6.45) is -2.75. The van der Waals surface area contributed by atoms with Gasteiger partial charge in [-0.05, 0) is 17.7 Å². The molecule has 3 rings (SSSR count). The van der Waals surface area contributed by atoms with Gasteiger partial charge < -0.3 is 10.1 Å². The van der Waals surface area contributed by atoms with Crippen LogP contribution in [0.1, 0.15) is 11.3 Å². The number of aromatic nitrogens is 2. The van der Waals surface area contributed by atoms with Gasteiger partial charge in [-0.15, -0.1) is 23.1 Å². The molecule has 2 aromatic heterocycles. The third-order valence-electron chi connectivity index (χ3n) is 3.63. The molecule has 0 spiro atoms. The van der Waals surface area contributed by atoms with Crippen molar-refractivity contribution in [1.29, 1.82) is 0 Å². The second-order valence-corrected chi connectivity index (χ2v) is 7.82. The van der Waals surface area contributed by atoms with Gasteiger partial charge in [0.25, 0.3) is 5.56 Å². The van der Waals surface area contributed by atoms with E-state index >= 15 is 0 Å². The van der Waals surface area contributed by atoms with Gasteiger partial charge in [0, 0.05) is 29.9 Å². The Morgan fingerprint density at radius 1 is 1.31 bits per heavy atom. The third kappa shape index (κ3) is 6.50. The number of amides is 1. The summed E-state index contributed by atoms with van der Waals surface area (Å²) in [5.74, 6) is 0.434. The number of benzene rings is 1. The first-order valence-corrected chi connectivity index (χ1v) is 10.4. The van der Waals surface area contributed by atoms with Crippen LogP contribution in [0.3, 0.4) is 0 Å². The Labute approximate surface area is 171 Å². The molecule has 0 unspecified atom stereocenters. The Bertz CT molecular complexity index is 1050. The number of fused-ring (bicyclic) bond motifs is 1. The van der Waals surface area contributed by atoms with E-state index in [4.69, 9.17) is 4.74 Å². The molecule has 0 aliphatic heterocycles. The van der Waals surface area contributed by atoms with E-state index in [9.17, 15) is 22.8 Å². The van der Waals surface area contributed by atoms with E-state index in [1.807, 2.05) is 0 Å². The fourth-order valence-corrected chi connectivity index (χ4v) is 3.86. The zero-order chi connectivity index (χ0) is 20.9. The number of rotatable bonds is 8. The highest BCUT2D eigenvalue weighted by Crippen LogP contribution is 2.19. The van der Waals surface area contributed by atoms with Gasteiger partial charge in [-0.3, -0.25) is 14.0 Å². The number of hydrogen-bond acceptors (Lipinski definition) is 6. The Morgan fingerprint density at radius 3 is 2.93 bits per heavy atom. The van der Waals surface area contributed by atoms with Gasteiger partial charge in [0.05, 0.1) is 11.4 Å². The SMILES string of the molecule is O=C(CSCc1cc(=O)n2ccsc2n1)NCc1cccc(OCC(F)(F)F)c1. The maximum Gasteiger partial charge on any atom is 0.422 e. The van der Waals surface area contributed by atoms with Crippen molar-refractivity contribution in [2.24, 2.45) is 0 Å². The number of thioether (sulfide) groups is 1. The molecule has 154 valence electrons. The van der Waals surface area contributed by atoms with Gasteiger partial charge >= 0.3 is 6.18 Å². The van der Waals surface area contributed by atoms with Crippen molar-refractivity contribution in [3.63, 3.8) is 0 Å². The van der Waals surface area contributed by atoms with Crippen molar-refractivity contribution in [3.8, 4) is 5.75 Å². The molecule has 1 aromatic carbocycles. The fraction of sp³-hybridized carbons (Fsp3) is 0.278. The van der Waals surface area contributed by atoms with Crippen molar-refractivity contribution in [3.05, 3.63) is 63.5 Å². The molecule has 6 nitrogen and oxygen atoms in total. The van der Waals surface area contributed by atoms with E-state index < -0.39 is 12.8 Å². The minimum absolute atomic E-state index is 0.0878. The molecule has 0 aliphatic rings. The molecule has 29 heavy (non-hydrogen) atoms. The Balaban J connectivity index is 1.44. The summed E-state index contributed by atoms with van der Waals surface area (Å²) >= 11 is 2.67. The van der Waals surface area contributed by atoms with Gasteiger partial charge in [-0.2, -0.15) is 13.2 Å². The molecular formula is C18H16F3N3O3S2. The molecule has 0 radical (unpaired) electrons. The summed E-state index contributed by atoms with van der Waals surface area (Å²) in [6.45, 7) is -1.20. The summed E-state index contributed by atoms with van der Waals surface area (Å²) in [7, 11) is 0. The molecule has 3 aromatic rings. The van der Waals surface area contributed by atoms with Crippen LogP contribution in [0.15, 0.2) is 46.7 Å². The van der Waals surface area contributed by atoms with Crippen molar-refractivity contribution < 1.29 is 22.7 Å². The number of carbonyl (C=O) groups is 1. The number of hydrogen-bond donors (Lipinski definition) is 1. The summed E-state index contributed by atoms with van der Waals surface area (Å²) in [5, 5.41) is 4.47. The topological polar surface area (TPSA) is 72.7 Å². The fourth-order valence-electron chi connectivity index (χ4n) is 2.37. The minimum atomic E-state index is -4.41. The summed E-state index contributed by atoms with van der Waals surface area (Å²) < 4.78 is 42.8. The average molecular weight is 443 g/mol. The van der Waals surface area contributed by atoms with E-state index in [2.05, 4.69) is 10.3 Å². The van der Waals surface area contributed by atoms with Crippen LogP contribution in [-0.4, -0.2) is 33.8 Å². The molecule has 0 saturated heterocycles. The van der Waals surface area contributed by atoms with Gasteiger partial charge in [0.2, 0.25) is 5.91 Å². The molecule has 0 aliphatic carbocycles. The second-order valence-electron chi connectivity index (χ2n) is 5.96. The molecule has 0 saturated carbocycles. The summed E-state index contributed by atoms with van der Waals surface area (Å²) in [6, 6.07) is 7.56. The van der Waals surface area contributed by atoms with Gasteiger partial charge in [0.1, 0.15) is 5.75 Å². The first-order chi connectivity index (χ1) is 13.8. The van der Waals surface area contributed by atoms with Gasteiger partial charge in [-0.1, -0.05) is 12.1 Å². The number of halogens is 3. The maximum absolute atomic E-state index is 12.2. The monoisotopic (exact) mass is 443 g/mol. The van der Waals surface area contributed by atoms with E-state index in [-0.39, 0.29) is 29.5 Å². The number of thiazole rings is 1. The van der Waals surface area contributed by atoms with Crippen LogP contribution in [0.2, 0.25) is 0 Å². The minimum Gasteiger partial charge on any atom is -0.484 e. The van der Waals surface area contributed by atoms with Crippen molar-refractivity contribution >= 4 is 34.0 Å². The summed E-state index contributed by atoms with van der Waals surface area (Å²) in [4.78, 5) is 28.9. The summed E-state index contributed by atoms with van der Waals surface area (Å²) in [5.41, 5.74) is 1.06. The van der Waals surface area contributed by atoms with E-state index in [1.165, 1.54) is 45.7 Å².